The predicted octanol–water partition coefficient (Wildman–Crippen LogP) is 4.07. The van der Waals surface area contributed by atoms with Gasteiger partial charge < -0.3 is 9.26 Å². The van der Waals surface area contributed by atoms with E-state index in [0.29, 0.717) is 12.2 Å². The van der Waals surface area contributed by atoms with Crippen molar-refractivity contribution in [2.24, 2.45) is 0 Å². The molecule has 4 nitrogen and oxygen atoms in total. The number of methoxy groups -OCH3 is 1. The zero-order chi connectivity index (χ0) is 19.8. The second-order valence-corrected chi connectivity index (χ2v) is 9.79. The molecule has 0 fully saturated rings. The normalized spacial score (nSPS) is 13.9. The molecule has 0 heterocycles. The number of benzene rings is 3. The number of ether oxygens (including phenoxy) is 1. The van der Waals surface area contributed by atoms with Gasteiger partial charge in [-0.15, -0.1) is 0 Å². The van der Waals surface area contributed by atoms with Crippen LogP contribution >= 0.6 is 6.42 Å². The molecule has 0 aliphatic heterocycles. The fraction of sp³-hybridized carbons (Fsp3) is 0.136. The third kappa shape index (κ3) is 5.29. The SMILES string of the molecule is COC(=O)[C@H](Cc1ccccc1)NP(=S)(Oc1ccccc1)c1ccccc1. The lowest BCUT2D eigenvalue weighted by Crippen LogP contribution is -2.40. The molecule has 3 aromatic carbocycles. The van der Waals surface area contributed by atoms with Crippen molar-refractivity contribution in [1.82, 2.24) is 5.09 Å². The van der Waals surface area contributed by atoms with Crippen LogP contribution in [0.15, 0.2) is 91.0 Å². The maximum atomic E-state index is 12.5. The Morgan fingerprint density at radius 2 is 1.46 bits per heavy atom. The Bertz CT molecular complexity index is 936. The van der Waals surface area contributed by atoms with Gasteiger partial charge in [-0.3, -0.25) is 4.79 Å². The van der Waals surface area contributed by atoms with E-state index in [9.17, 15) is 4.79 Å². The minimum absolute atomic E-state index is 0.370. The summed E-state index contributed by atoms with van der Waals surface area (Å²) in [5.74, 6) is 0.288. The van der Waals surface area contributed by atoms with Crippen molar-refractivity contribution in [3.05, 3.63) is 96.6 Å². The third-order valence-electron chi connectivity index (χ3n) is 4.17. The first-order valence-electron chi connectivity index (χ1n) is 8.90. The number of nitrogens with one attached hydrogen (secondary N) is 1. The molecule has 1 N–H and O–H groups in total. The van der Waals surface area contributed by atoms with Crippen LogP contribution in [0.25, 0.3) is 0 Å². The lowest BCUT2D eigenvalue weighted by molar-refractivity contribution is -0.142. The Hall–Kier alpha value is -2.46. The van der Waals surface area contributed by atoms with Crippen molar-refractivity contribution in [2.75, 3.05) is 7.11 Å². The Kier molecular flexibility index (Phi) is 6.99. The molecule has 2 atom stereocenters. The quantitative estimate of drug-likeness (QED) is 0.447. The van der Waals surface area contributed by atoms with Crippen molar-refractivity contribution in [3.63, 3.8) is 0 Å². The standard InChI is InChI=1S/C22H22NO3PS/c1-25-22(24)21(17-18-11-5-2-6-12-18)23-27(28,20-15-9-4-10-16-20)26-19-13-7-3-8-14-19/h2-16,21H,17H2,1H3,(H,23,28)/t21-,27?/m0/s1. The average molecular weight is 411 g/mol. The maximum absolute atomic E-state index is 12.5. The number of esters is 1. The molecule has 0 aliphatic carbocycles. The van der Waals surface area contributed by atoms with E-state index in [1.165, 1.54) is 7.11 Å². The highest BCUT2D eigenvalue weighted by Gasteiger charge is 2.30. The molecule has 0 amide bonds. The first kappa shape index (κ1) is 20.3. The fourth-order valence-corrected chi connectivity index (χ4v) is 5.69. The van der Waals surface area contributed by atoms with E-state index < -0.39 is 12.5 Å². The summed E-state index contributed by atoms with van der Waals surface area (Å²) in [4.78, 5) is 12.5. The van der Waals surface area contributed by atoms with Crippen molar-refractivity contribution >= 4 is 29.5 Å². The summed E-state index contributed by atoms with van der Waals surface area (Å²) in [7, 11) is 1.38. The highest BCUT2D eigenvalue weighted by atomic mass is 32.4. The van der Waals surface area contributed by atoms with E-state index in [0.717, 1.165) is 10.9 Å². The van der Waals surface area contributed by atoms with Crippen molar-refractivity contribution in [3.8, 4) is 5.75 Å². The topological polar surface area (TPSA) is 47.6 Å². The molecule has 0 radical (unpaired) electrons. The lowest BCUT2D eigenvalue weighted by Gasteiger charge is -2.28. The van der Waals surface area contributed by atoms with Crippen molar-refractivity contribution < 1.29 is 14.1 Å². The smallest absolute Gasteiger partial charge is 0.323 e. The van der Waals surface area contributed by atoms with Gasteiger partial charge in [-0.1, -0.05) is 66.7 Å². The number of para-hydroxylation sites is 1. The first-order valence-corrected chi connectivity index (χ1v) is 11.6. The van der Waals surface area contributed by atoms with Crippen molar-refractivity contribution in [2.45, 2.75) is 12.5 Å². The lowest BCUT2D eigenvalue weighted by atomic mass is 10.1. The van der Waals surface area contributed by atoms with E-state index >= 15 is 0 Å². The van der Waals surface area contributed by atoms with Gasteiger partial charge in [-0.05, 0) is 48.1 Å². The maximum Gasteiger partial charge on any atom is 0.323 e. The monoisotopic (exact) mass is 411 g/mol. The molecule has 1 unspecified atom stereocenters. The highest BCUT2D eigenvalue weighted by molar-refractivity contribution is 8.15. The number of hydrogen-bond acceptors (Lipinski definition) is 4. The van der Waals surface area contributed by atoms with Crippen LogP contribution in [0.2, 0.25) is 0 Å². The first-order chi connectivity index (χ1) is 13.6. The Morgan fingerprint density at radius 3 is 2.04 bits per heavy atom. The van der Waals surface area contributed by atoms with Crippen LogP contribution in [-0.4, -0.2) is 19.1 Å². The largest absolute Gasteiger partial charge is 0.468 e. The molecule has 0 aromatic heterocycles. The van der Waals surface area contributed by atoms with Crippen molar-refractivity contribution in [1.29, 1.82) is 0 Å². The van der Waals surface area contributed by atoms with Crippen LogP contribution < -0.4 is 14.9 Å². The van der Waals surface area contributed by atoms with Crippen LogP contribution in [0.5, 0.6) is 5.75 Å². The molecule has 3 aromatic rings. The second-order valence-electron chi connectivity index (χ2n) is 6.19. The van der Waals surface area contributed by atoms with E-state index in [4.69, 9.17) is 21.1 Å². The molecular formula is C22H22NO3PS. The molecule has 0 bridgehead atoms. The van der Waals surface area contributed by atoms with Gasteiger partial charge >= 0.3 is 5.97 Å². The average Bonchev–Trinajstić information content (AvgIpc) is 2.75. The Labute approximate surface area is 170 Å². The Morgan fingerprint density at radius 1 is 0.929 bits per heavy atom. The molecule has 0 saturated carbocycles. The van der Waals surface area contributed by atoms with E-state index in [-0.39, 0.29) is 5.97 Å². The zero-order valence-electron chi connectivity index (χ0n) is 15.5. The Balaban J connectivity index is 1.93. The van der Waals surface area contributed by atoms with Gasteiger partial charge in [-0.25, -0.2) is 5.09 Å². The molecular weight excluding hydrogens is 389 g/mol. The summed E-state index contributed by atoms with van der Waals surface area (Å²) >= 11 is 5.98. The second kappa shape index (κ2) is 9.65. The molecule has 0 spiro atoms. The molecule has 0 aliphatic rings. The molecule has 144 valence electrons. The van der Waals surface area contributed by atoms with Crippen LogP contribution in [0.3, 0.4) is 0 Å². The van der Waals surface area contributed by atoms with Gasteiger partial charge in [-0.2, -0.15) is 0 Å². The van der Waals surface area contributed by atoms with Crippen LogP contribution in [0, 0.1) is 0 Å². The molecule has 28 heavy (non-hydrogen) atoms. The third-order valence-corrected chi connectivity index (χ3v) is 7.44. The summed E-state index contributed by atoms with van der Waals surface area (Å²) in [6, 6.07) is 28.2. The highest BCUT2D eigenvalue weighted by Crippen LogP contribution is 2.43. The van der Waals surface area contributed by atoms with Gasteiger partial charge in [0.15, 0.2) is 0 Å². The number of hydrogen-bond donors (Lipinski definition) is 1. The predicted molar refractivity (Wildman–Crippen MR) is 117 cm³/mol. The summed E-state index contributed by atoms with van der Waals surface area (Å²) in [6.07, 6.45) is -2.32. The van der Waals surface area contributed by atoms with Gasteiger partial charge in [0.1, 0.15) is 11.8 Å². The molecule has 6 heteroatoms. The van der Waals surface area contributed by atoms with Crippen LogP contribution in [0.1, 0.15) is 5.56 Å². The van der Waals surface area contributed by atoms with E-state index in [2.05, 4.69) is 5.09 Å². The van der Waals surface area contributed by atoms with Crippen LogP contribution in [-0.2, 0) is 27.8 Å². The summed E-state index contributed by atoms with van der Waals surface area (Å²) in [6.45, 7) is 0. The number of carbonyl (C=O) groups excluding carboxylic acids is 1. The van der Waals surface area contributed by atoms with Crippen LogP contribution in [0.4, 0.5) is 0 Å². The minimum atomic E-state index is -2.77. The number of carbonyl (C=O) groups is 1. The minimum Gasteiger partial charge on any atom is -0.468 e. The number of rotatable bonds is 8. The summed E-state index contributed by atoms with van der Waals surface area (Å²) in [5.41, 5.74) is 1.01. The zero-order valence-corrected chi connectivity index (χ0v) is 17.2. The molecule has 0 saturated heterocycles. The van der Waals surface area contributed by atoms with E-state index in [1.807, 2.05) is 91.0 Å². The van der Waals surface area contributed by atoms with Gasteiger partial charge in [0.25, 0.3) is 0 Å². The van der Waals surface area contributed by atoms with Gasteiger partial charge in [0.2, 0.25) is 6.42 Å². The van der Waals surface area contributed by atoms with Gasteiger partial charge in [0.05, 0.1) is 7.11 Å². The molecule has 3 rings (SSSR count). The fourth-order valence-electron chi connectivity index (χ4n) is 2.79. The summed E-state index contributed by atoms with van der Waals surface area (Å²) in [5, 5.41) is 4.17. The van der Waals surface area contributed by atoms with Gasteiger partial charge in [0, 0.05) is 5.30 Å². The van der Waals surface area contributed by atoms with E-state index in [1.54, 1.807) is 0 Å². The summed E-state index contributed by atoms with van der Waals surface area (Å²) < 4.78 is 11.3.